The molecule has 1 atom stereocenters. The maximum Gasteiger partial charge on any atom is 0.257 e. The van der Waals surface area contributed by atoms with Crippen molar-refractivity contribution in [1.29, 1.82) is 0 Å². The Morgan fingerprint density at radius 2 is 2.32 bits per heavy atom. The summed E-state index contributed by atoms with van der Waals surface area (Å²) in [6.45, 7) is 0.787. The lowest BCUT2D eigenvalue weighted by atomic mass is 10.1. The van der Waals surface area contributed by atoms with Gasteiger partial charge < -0.3 is 4.90 Å². The first-order valence-electron chi connectivity index (χ1n) is 6.46. The van der Waals surface area contributed by atoms with E-state index in [-0.39, 0.29) is 11.9 Å². The van der Waals surface area contributed by atoms with Crippen LogP contribution < -0.4 is 0 Å². The monoisotopic (exact) mass is 256 g/mol. The molecule has 1 aliphatic rings. The third kappa shape index (κ3) is 2.23. The molecule has 1 aliphatic heterocycles. The molecule has 0 unspecified atom stereocenters. The highest BCUT2D eigenvalue weighted by molar-refractivity contribution is 5.94. The Morgan fingerprint density at radius 3 is 3.00 bits per heavy atom. The number of amides is 1. The molecule has 1 amide bonds. The van der Waals surface area contributed by atoms with E-state index in [0.29, 0.717) is 5.56 Å². The van der Waals surface area contributed by atoms with E-state index in [1.165, 1.54) is 0 Å². The lowest BCUT2D eigenvalue weighted by molar-refractivity contribution is 0.0733. The number of rotatable bonds is 2. The van der Waals surface area contributed by atoms with E-state index in [4.69, 9.17) is 0 Å². The van der Waals surface area contributed by atoms with Gasteiger partial charge in [-0.1, -0.05) is 6.07 Å². The van der Waals surface area contributed by atoms with E-state index in [1.807, 2.05) is 30.1 Å². The Hall–Kier alpha value is -2.17. The van der Waals surface area contributed by atoms with Crippen molar-refractivity contribution in [3.8, 4) is 0 Å². The Morgan fingerprint density at radius 1 is 1.42 bits per heavy atom. The van der Waals surface area contributed by atoms with Crippen LogP contribution in [0.25, 0.3) is 0 Å². The minimum atomic E-state index is 0.0428. The van der Waals surface area contributed by atoms with Crippen molar-refractivity contribution in [2.45, 2.75) is 18.9 Å². The summed E-state index contributed by atoms with van der Waals surface area (Å²) in [5.41, 5.74) is 1.61. The first-order valence-corrected chi connectivity index (χ1v) is 6.46. The van der Waals surface area contributed by atoms with Crippen molar-refractivity contribution in [1.82, 2.24) is 19.7 Å². The molecular formula is C14H16N4O. The number of aromatic nitrogens is 3. The van der Waals surface area contributed by atoms with Gasteiger partial charge in [-0.25, -0.2) is 0 Å². The summed E-state index contributed by atoms with van der Waals surface area (Å²) in [5.74, 6) is 0.0428. The highest BCUT2D eigenvalue weighted by atomic mass is 16.2. The number of carbonyl (C=O) groups is 1. The molecule has 0 aromatic carbocycles. The van der Waals surface area contributed by atoms with Crippen LogP contribution in [-0.2, 0) is 7.05 Å². The van der Waals surface area contributed by atoms with Crippen LogP contribution in [0.2, 0.25) is 0 Å². The zero-order chi connectivity index (χ0) is 13.2. The van der Waals surface area contributed by atoms with Gasteiger partial charge >= 0.3 is 0 Å². The molecule has 5 nitrogen and oxygen atoms in total. The summed E-state index contributed by atoms with van der Waals surface area (Å²) in [6.07, 6.45) is 7.16. The van der Waals surface area contributed by atoms with Gasteiger partial charge in [0, 0.05) is 26.0 Å². The van der Waals surface area contributed by atoms with Gasteiger partial charge in [0.1, 0.15) is 0 Å². The molecule has 0 saturated carbocycles. The average Bonchev–Trinajstić information content (AvgIpc) is 3.07. The van der Waals surface area contributed by atoms with Crippen LogP contribution in [0, 0.1) is 0 Å². The molecular weight excluding hydrogens is 240 g/mol. The van der Waals surface area contributed by atoms with E-state index in [2.05, 4.69) is 10.1 Å². The van der Waals surface area contributed by atoms with E-state index in [9.17, 15) is 4.79 Å². The quantitative estimate of drug-likeness (QED) is 0.823. The standard InChI is InChI=1S/C14H16N4O/c1-17-10-11(9-16-17)14(19)18-8-4-6-13(18)12-5-2-3-7-15-12/h2-3,5,7,9-10,13H,4,6,8H2,1H3/t13-/m1/s1. The smallest absolute Gasteiger partial charge is 0.257 e. The maximum absolute atomic E-state index is 12.5. The molecule has 2 aromatic heterocycles. The number of hydrogen-bond donors (Lipinski definition) is 0. The fraction of sp³-hybridized carbons (Fsp3) is 0.357. The molecule has 1 saturated heterocycles. The Labute approximate surface area is 111 Å². The third-order valence-corrected chi connectivity index (χ3v) is 3.49. The summed E-state index contributed by atoms with van der Waals surface area (Å²) >= 11 is 0. The number of nitrogens with zero attached hydrogens (tertiary/aromatic N) is 4. The third-order valence-electron chi connectivity index (χ3n) is 3.49. The second kappa shape index (κ2) is 4.84. The molecule has 0 spiro atoms. The molecule has 2 aromatic rings. The summed E-state index contributed by atoms with van der Waals surface area (Å²) in [7, 11) is 1.82. The SMILES string of the molecule is Cn1cc(C(=O)N2CCC[C@@H]2c2ccccn2)cn1. The van der Waals surface area contributed by atoms with Crippen LogP contribution >= 0.6 is 0 Å². The van der Waals surface area contributed by atoms with Crippen molar-refractivity contribution in [2.75, 3.05) is 6.54 Å². The van der Waals surface area contributed by atoms with Gasteiger partial charge in [-0.3, -0.25) is 14.5 Å². The summed E-state index contributed by atoms with van der Waals surface area (Å²) in [6, 6.07) is 5.94. The van der Waals surface area contributed by atoms with Crippen LogP contribution in [0.1, 0.15) is 34.9 Å². The second-order valence-corrected chi connectivity index (χ2v) is 4.81. The zero-order valence-electron chi connectivity index (χ0n) is 10.9. The van der Waals surface area contributed by atoms with Crippen LogP contribution in [0.4, 0.5) is 0 Å². The Balaban J connectivity index is 1.86. The van der Waals surface area contributed by atoms with Crippen molar-refractivity contribution in [3.05, 3.63) is 48.0 Å². The van der Waals surface area contributed by atoms with E-state index in [0.717, 1.165) is 25.1 Å². The predicted octanol–water partition coefficient (Wildman–Crippen LogP) is 1.79. The lowest BCUT2D eigenvalue weighted by Crippen LogP contribution is -2.30. The van der Waals surface area contributed by atoms with Gasteiger partial charge in [-0.2, -0.15) is 5.10 Å². The number of hydrogen-bond acceptors (Lipinski definition) is 3. The van der Waals surface area contributed by atoms with Gasteiger partial charge in [0.25, 0.3) is 5.91 Å². The van der Waals surface area contributed by atoms with Crippen molar-refractivity contribution in [2.24, 2.45) is 7.05 Å². The Bertz CT molecular complexity index is 578. The largest absolute Gasteiger partial charge is 0.330 e. The summed E-state index contributed by atoms with van der Waals surface area (Å²) in [4.78, 5) is 18.8. The van der Waals surface area contributed by atoms with Crippen LogP contribution in [0.15, 0.2) is 36.8 Å². The molecule has 1 fully saturated rings. The molecule has 19 heavy (non-hydrogen) atoms. The molecule has 0 bridgehead atoms. The molecule has 98 valence electrons. The first-order chi connectivity index (χ1) is 9.25. The maximum atomic E-state index is 12.5. The molecule has 5 heteroatoms. The molecule has 0 N–H and O–H groups in total. The first kappa shape index (κ1) is 11.9. The second-order valence-electron chi connectivity index (χ2n) is 4.81. The number of pyridine rings is 1. The van der Waals surface area contributed by atoms with Crippen LogP contribution in [-0.4, -0.2) is 32.1 Å². The van der Waals surface area contributed by atoms with Gasteiger partial charge in [-0.15, -0.1) is 0 Å². The van der Waals surface area contributed by atoms with Gasteiger partial charge in [0.2, 0.25) is 0 Å². The molecule has 0 aliphatic carbocycles. The highest BCUT2D eigenvalue weighted by Crippen LogP contribution is 2.31. The zero-order valence-corrected chi connectivity index (χ0v) is 10.9. The minimum absolute atomic E-state index is 0.0428. The lowest BCUT2D eigenvalue weighted by Gasteiger charge is -2.23. The highest BCUT2D eigenvalue weighted by Gasteiger charge is 2.31. The van der Waals surface area contributed by atoms with Crippen LogP contribution in [0.3, 0.4) is 0 Å². The van der Waals surface area contributed by atoms with Gasteiger partial charge in [0.15, 0.2) is 0 Å². The van der Waals surface area contributed by atoms with E-state index < -0.39 is 0 Å². The van der Waals surface area contributed by atoms with Crippen molar-refractivity contribution < 1.29 is 4.79 Å². The van der Waals surface area contributed by atoms with Crippen molar-refractivity contribution >= 4 is 5.91 Å². The summed E-state index contributed by atoms with van der Waals surface area (Å²) < 4.78 is 1.65. The number of aryl methyl sites for hydroxylation is 1. The molecule has 3 rings (SSSR count). The molecule has 3 heterocycles. The number of likely N-dealkylation sites (tertiary alicyclic amines) is 1. The van der Waals surface area contributed by atoms with Gasteiger partial charge in [0.05, 0.1) is 23.5 Å². The van der Waals surface area contributed by atoms with Crippen molar-refractivity contribution in [3.63, 3.8) is 0 Å². The number of carbonyl (C=O) groups excluding carboxylic acids is 1. The normalized spacial score (nSPS) is 18.8. The Kier molecular flexibility index (Phi) is 3.03. The fourth-order valence-corrected chi connectivity index (χ4v) is 2.59. The van der Waals surface area contributed by atoms with E-state index in [1.54, 1.807) is 23.3 Å². The van der Waals surface area contributed by atoms with Crippen LogP contribution in [0.5, 0.6) is 0 Å². The average molecular weight is 256 g/mol. The summed E-state index contributed by atoms with van der Waals surface area (Å²) in [5, 5.41) is 4.06. The fourth-order valence-electron chi connectivity index (χ4n) is 2.59. The van der Waals surface area contributed by atoms with E-state index >= 15 is 0 Å². The topological polar surface area (TPSA) is 51.0 Å². The predicted molar refractivity (Wildman–Crippen MR) is 70.5 cm³/mol. The molecule has 0 radical (unpaired) electrons. The minimum Gasteiger partial charge on any atom is -0.330 e. The van der Waals surface area contributed by atoms with Gasteiger partial charge in [-0.05, 0) is 25.0 Å².